The highest BCUT2D eigenvalue weighted by Gasteiger charge is 2.13. The van der Waals surface area contributed by atoms with E-state index in [2.05, 4.69) is 10.3 Å². The molecule has 0 fully saturated rings. The van der Waals surface area contributed by atoms with Crippen molar-refractivity contribution in [2.24, 2.45) is 5.92 Å². The van der Waals surface area contributed by atoms with E-state index < -0.39 is 5.97 Å². The van der Waals surface area contributed by atoms with Crippen LogP contribution in [0, 0.1) is 12.8 Å². The highest BCUT2D eigenvalue weighted by atomic mass is 16.5. The third kappa shape index (κ3) is 3.18. The number of ether oxygens (including phenoxy) is 1. The average Bonchev–Trinajstić information content (AvgIpc) is 2.45. The number of nitrogens with one attached hydrogen (secondary N) is 1. The van der Waals surface area contributed by atoms with Gasteiger partial charge in [-0.05, 0) is 31.2 Å². The molecule has 0 aliphatic rings. The number of aromatic nitrogens is 1. The lowest BCUT2D eigenvalue weighted by atomic mass is 10.1. The summed E-state index contributed by atoms with van der Waals surface area (Å²) < 4.78 is 4.72. The Morgan fingerprint density at radius 1 is 1.24 bits per heavy atom. The maximum absolute atomic E-state index is 11.9. The summed E-state index contributed by atoms with van der Waals surface area (Å²) in [6.45, 7) is 5.51. The van der Waals surface area contributed by atoms with Crippen molar-refractivity contribution >= 4 is 28.5 Å². The molecule has 110 valence electrons. The normalized spacial score (nSPS) is 10.7. The van der Waals surface area contributed by atoms with Crippen molar-refractivity contribution in [3.05, 3.63) is 35.5 Å². The van der Waals surface area contributed by atoms with Crippen LogP contribution in [0.2, 0.25) is 0 Å². The second kappa shape index (κ2) is 5.91. The Morgan fingerprint density at radius 2 is 1.95 bits per heavy atom. The molecule has 0 aliphatic heterocycles. The Morgan fingerprint density at radius 3 is 2.57 bits per heavy atom. The van der Waals surface area contributed by atoms with Crippen molar-refractivity contribution in [1.82, 2.24) is 4.98 Å². The number of benzene rings is 1. The number of esters is 1. The third-order valence-electron chi connectivity index (χ3n) is 3.14. The number of hydrogen-bond donors (Lipinski definition) is 1. The maximum atomic E-state index is 11.9. The zero-order chi connectivity index (χ0) is 15.6. The Kier molecular flexibility index (Phi) is 4.21. The summed E-state index contributed by atoms with van der Waals surface area (Å²) in [5, 5.41) is 3.60. The summed E-state index contributed by atoms with van der Waals surface area (Å²) in [4.78, 5) is 28.0. The monoisotopic (exact) mass is 286 g/mol. The van der Waals surface area contributed by atoms with Crippen LogP contribution < -0.4 is 5.32 Å². The van der Waals surface area contributed by atoms with E-state index in [0.717, 1.165) is 16.6 Å². The van der Waals surface area contributed by atoms with E-state index in [1.165, 1.54) is 7.11 Å². The van der Waals surface area contributed by atoms with Gasteiger partial charge in [0.1, 0.15) is 0 Å². The van der Waals surface area contributed by atoms with E-state index in [4.69, 9.17) is 4.74 Å². The first-order valence-corrected chi connectivity index (χ1v) is 6.73. The van der Waals surface area contributed by atoms with Gasteiger partial charge in [0, 0.05) is 17.0 Å². The number of pyridine rings is 1. The molecule has 1 heterocycles. The topological polar surface area (TPSA) is 68.3 Å². The number of aryl methyl sites for hydroxylation is 1. The Labute approximate surface area is 123 Å². The molecular formula is C16H18N2O3. The first-order chi connectivity index (χ1) is 9.92. The highest BCUT2D eigenvalue weighted by Crippen LogP contribution is 2.25. The smallest absolute Gasteiger partial charge is 0.337 e. The molecule has 5 nitrogen and oxygen atoms in total. The number of fused-ring (bicyclic) bond motifs is 1. The molecule has 2 aromatic rings. The van der Waals surface area contributed by atoms with Crippen LogP contribution in [-0.4, -0.2) is 24.0 Å². The summed E-state index contributed by atoms with van der Waals surface area (Å²) in [6.07, 6.45) is 0. The van der Waals surface area contributed by atoms with Gasteiger partial charge >= 0.3 is 5.97 Å². The molecule has 5 heteroatoms. The highest BCUT2D eigenvalue weighted by molar-refractivity contribution is 6.04. The second-order valence-electron chi connectivity index (χ2n) is 5.18. The number of anilines is 1. The zero-order valence-electron chi connectivity index (χ0n) is 12.6. The van der Waals surface area contributed by atoms with Gasteiger partial charge in [-0.3, -0.25) is 9.78 Å². The first kappa shape index (κ1) is 15.0. The fourth-order valence-electron chi connectivity index (χ4n) is 1.98. The number of nitrogens with zero attached hydrogens (tertiary/aromatic N) is 1. The van der Waals surface area contributed by atoms with Crippen LogP contribution >= 0.6 is 0 Å². The number of hydrogen-bond acceptors (Lipinski definition) is 4. The fraction of sp³-hybridized carbons (Fsp3) is 0.312. The molecule has 0 atom stereocenters. The molecular weight excluding hydrogens is 268 g/mol. The first-order valence-electron chi connectivity index (χ1n) is 6.73. The summed E-state index contributed by atoms with van der Waals surface area (Å²) in [5.74, 6) is -0.624. The SMILES string of the molecule is COC(=O)c1ccc2nc(C)cc(NC(=O)C(C)C)c2c1. The van der Waals surface area contributed by atoms with Crippen LogP contribution in [0.1, 0.15) is 29.9 Å². The van der Waals surface area contributed by atoms with E-state index in [1.807, 2.05) is 20.8 Å². The van der Waals surface area contributed by atoms with Gasteiger partial charge in [-0.15, -0.1) is 0 Å². The van der Waals surface area contributed by atoms with E-state index in [9.17, 15) is 9.59 Å². The van der Waals surface area contributed by atoms with Crippen LogP contribution in [-0.2, 0) is 9.53 Å². The molecule has 0 aliphatic carbocycles. The second-order valence-corrected chi connectivity index (χ2v) is 5.18. The minimum atomic E-state index is -0.418. The third-order valence-corrected chi connectivity index (χ3v) is 3.14. The minimum Gasteiger partial charge on any atom is -0.465 e. The molecule has 1 N–H and O–H groups in total. The van der Waals surface area contributed by atoms with Crippen LogP contribution in [0.25, 0.3) is 10.9 Å². The van der Waals surface area contributed by atoms with Gasteiger partial charge in [0.05, 0.1) is 23.9 Å². The van der Waals surface area contributed by atoms with Crippen LogP contribution in [0.15, 0.2) is 24.3 Å². The molecule has 2 rings (SSSR count). The summed E-state index contributed by atoms with van der Waals surface area (Å²) in [7, 11) is 1.33. The number of carbonyl (C=O) groups is 2. The summed E-state index contributed by atoms with van der Waals surface area (Å²) >= 11 is 0. The molecule has 21 heavy (non-hydrogen) atoms. The minimum absolute atomic E-state index is 0.0784. The van der Waals surface area contributed by atoms with Crippen molar-refractivity contribution in [2.45, 2.75) is 20.8 Å². The lowest BCUT2D eigenvalue weighted by molar-refractivity contribution is -0.118. The molecule has 1 aromatic heterocycles. The number of amides is 1. The van der Waals surface area contributed by atoms with Crippen molar-refractivity contribution in [3.63, 3.8) is 0 Å². The number of rotatable bonds is 3. The quantitative estimate of drug-likeness (QED) is 0.881. The van der Waals surface area contributed by atoms with Crippen LogP contribution in [0.5, 0.6) is 0 Å². The molecule has 0 radical (unpaired) electrons. The van der Waals surface area contributed by atoms with Gasteiger partial charge in [-0.1, -0.05) is 13.8 Å². The van der Waals surface area contributed by atoms with Gasteiger partial charge in [-0.25, -0.2) is 4.79 Å². The maximum Gasteiger partial charge on any atom is 0.337 e. The predicted octanol–water partition coefficient (Wildman–Crippen LogP) is 2.92. The summed E-state index contributed by atoms with van der Waals surface area (Å²) in [5.41, 5.74) is 2.60. The fourth-order valence-corrected chi connectivity index (χ4v) is 1.98. The van der Waals surface area contributed by atoms with Gasteiger partial charge in [0.25, 0.3) is 0 Å². The number of carbonyl (C=O) groups excluding carboxylic acids is 2. The van der Waals surface area contributed by atoms with Crippen molar-refractivity contribution in [3.8, 4) is 0 Å². The molecule has 0 unspecified atom stereocenters. The molecule has 0 bridgehead atoms. The molecule has 0 saturated carbocycles. The van der Waals surface area contributed by atoms with Crippen molar-refractivity contribution < 1.29 is 14.3 Å². The van der Waals surface area contributed by atoms with Crippen molar-refractivity contribution in [2.75, 3.05) is 12.4 Å². The molecule has 1 aromatic carbocycles. The summed E-state index contributed by atoms with van der Waals surface area (Å²) in [6, 6.07) is 6.89. The molecule has 0 spiro atoms. The molecule has 0 saturated heterocycles. The van der Waals surface area contributed by atoms with Crippen LogP contribution in [0.3, 0.4) is 0 Å². The van der Waals surface area contributed by atoms with Crippen molar-refractivity contribution in [1.29, 1.82) is 0 Å². The van der Waals surface area contributed by atoms with E-state index in [1.54, 1.807) is 24.3 Å². The molecule has 1 amide bonds. The van der Waals surface area contributed by atoms with Gasteiger partial charge in [0.15, 0.2) is 0 Å². The van der Waals surface area contributed by atoms with Crippen LogP contribution in [0.4, 0.5) is 5.69 Å². The average molecular weight is 286 g/mol. The Balaban J connectivity index is 2.56. The van der Waals surface area contributed by atoms with E-state index in [0.29, 0.717) is 11.3 Å². The predicted molar refractivity (Wildman–Crippen MR) is 81.3 cm³/mol. The van der Waals surface area contributed by atoms with Gasteiger partial charge < -0.3 is 10.1 Å². The van der Waals surface area contributed by atoms with E-state index in [-0.39, 0.29) is 11.8 Å². The van der Waals surface area contributed by atoms with Gasteiger partial charge in [0.2, 0.25) is 5.91 Å². The zero-order valence-corrected chi connectivity index (χ0v) is 12.6. The standard InChI is InChI=1S/C16H18N2O3/c1-9(2)15(19)18-14-7-10(3)17-13-6-5-11(8-12(13)14)16(20)21-4/h5-9H,1-4H3,(H,17,18,19). The number of methoxy groups -OCH3 is 1. The van der Waals surface area contributed by atoms with Gasteiger partial charge in [-0.2, -0.15) is 0 Å². The Hall–Kier alpha value is -2.43. The lowest BCUT2D eigenvalue weighted by Gasteiger charge is -2.12. The van der Waals surface area contributed by atoms with E-state index >= 15 is 0 Å². The largest absolute Gasteiger partial charge is 0.465 e. The Bertz CT molecular complexity index is 708. The lowest BCUT2D eigenvalue weighted by Crippen LogP contribution is -2.18.